The van der Waals surface area contributed by atoms with Gasteiger partial charge in [0.25, 0.3) is 0 Å². The molecule has 0 spiro atoms. The third-order valence-corrected chi connectivity index (χ3v) is 5.18. The highest BCUT2D eigenvalue weighted by molar-refractivity contribution is 7.84. The molecule has 2 aromatic carbocycles. The molecule has 0 aliphatic carbocycles. The van der Waals surface area contributed by atoms with E-state index in [2.05, 4.69) is 5.32 Å². The topological polar surface area (TPSA) is 49.4 Å². The first-order valence-corrected chi connectivity index (χ1v) is 9.30. The second kappa shape index (κ2) is 8.76. The maximum absolute atomic E-state index is 12.4. The number of amides is 1. The Labute approximate surface area is 146 Å². The van der Waals surface area contributed by atoms with Crippen LogP contribution in [-0.4, -0.2) is 34.7 Å². The van der Waals surface area contributed by atoms with Gasteiger partial charge in [0.2, 0.25) is 5.91 Å². The van der Waals surface area contributed by atoms with Crippen molar-refractivity contribution in [2.24, 2.45) is 0 Å². The zero-order chi connectivity index (χ0) is 17.5. The van der Waals surface area contributed by atoms with Gasteiger partial charge in [0, 0.05) is 16.6 Å². The van der Waals surface area contributed by atoms with Gasteiger partial charge in [0.1, 0.15) is 0 Å². The highest BCUT2D eigenvalue weighted by atomic mass is 32.2. The number of nitrogens with one attached hydrogen (secondary N) is 1. The minimum absolute atomic E-state index is 0.0486. The molecule has 0 saturated carbocycles. The summed E-state index contributed by atoms with van der Waals surface area (Å²) in [4.78, 5) is 14.9. The molecule has 2 aromatic rings. The predicted octanol–water partition coefficient (Wildman–Crippen LogP) is 3.27. The van der Waals surface area contributed by atoms with Crippen LogP contribution in [0, 0.1) is 0 Å². The first-order chi connectivity index (χ1) is 11.5. The molecule has 0 bridgehead atoms. The van der Waals surface area contributed by atoms with Gasteiger partial charge < -0.3 is 5.32 Å². The third-order valence-electron chi connectivity index (χ3n) is 3.79. The van der Waals surface area contributed by atoms with Crippen LogP contribution in [0.25, 0.3) is 0 Å². The van der Waals surface area contributed by atoms with Crippen molar-refractivity contribution in [3.05, 3.63) is 60.2 Å². The Bertz CT molecular complexity index is 702. The number of likely N-dealkylation sites (N-methyl/N-ethyl adjacent to an activating group) is 1. The third kappa shape index (κ3) is 5.58. The monoisotopic (exact) mass is 344 g/mol. The highest BCUT2D eigenvalue weighted by Gasteiger charge is 2.10. The molecule has 24 heavy (non-hydrogen) atoms. The van der Waals surface area contributed by atoms with Crippen molar-refractivity contribution in [3.63, 3.8) is 0 Å². The number of rotatable bonds is 7. The fourth-order valence-electron chi connectivity index (χ4n) is 2.16. The van der Waals surface area contributed by atoms with Gasteiger partial charge >= 0.3 is 0 Å². The summed E-state index contributed by atoms with van der Waals surface area (Å²) in [6.07, 6.45) is 0. The largest absolute Gasteiger partial charge is 0.325 e. The summed E-state index contributed by atoms with van der Waals surface area (Å²) in [6, 6.07) is 17.3. The van der Waals surface area contributed by atoms with Gasteiger partial charge in [0.05, 0.1) is 23.1 Å². The Morgan fingerprint density at radius 3 is 2.50 bits per heavy atom. The van der Waals surface area contributed by atoms with Crippen molar-refractivity contribution < 1.29 is 9.00 Å². The van der Waals surface area contributed by atoms with Gasteiger partial charge in [-0.2, -0.15) is 0 Å². The number of benzene rings is 2. The van der Waals surface area contributed by atoms with E-state index in [0.717, 1.165) is 16.1 Å². The second-order valence-electron chi connectivity index (χ2n) is 6.06. The molecule has 0 unspecified atom stereocenters. The molecule has 0 radical (unpaired) electrons. The normalized spacial score (nSPS) is 12.4. The van der Waals surface area contributed by atoms with E-state index in [4.69, 9.17) is 0 Å². The van der Waals surface area contributed by atoms with Gasteiger partial charge in [-0.15, -0.1) is 0 Å². The number of carbonyl (C=O) groups is 1. The zero-order valence-electron chi connectivity index (χ0n) is 14.4. The van der Waals surface area contributed by atoms with Crippen LogP contribution in [0.15, 0.2) is 59.5 Å². The van der Waals surface area contributed by atoms with E-state index in [1.807, 2.05) is 80.4 Å². The van der Waals surface area contributed by atoms with Crippen LogP contribution in [-0.2, 0) is 21.3 Å². The quantitative estimate of drug-likeness (QED) is 0.839. The van der Waals surface area contributed by atoms with Crippen molar-refractivity contribution in [2.45, 2.75) is 30.5 Å². The fourth-order valence-corrected chi connectivity index (χ4v) is 3.27. The molecule has 1 atom stereocenters. The number of carbonyl (C=O) groups excluding carboxylic acids is 1. The van der Waals surface area contributed by atoms with E-state index in [9.17, 15) is 9.00 Å². The molecule has 0 fully saturated rings. The first kappa shape index (κ1) is 18.4. The van der Waals surface area contributed by atoms with Crippen molar-refractivity contribution in [1.82, 2.24) is 4.90 Å². The molecule has 2 rings (SSSR count). The maximum atomic E-state index is 12.4. The van der Waals surface area contributed by atoms with Crippen LogP contribution < -0.4 is 5.32 Å². The fraction of sp³-hybridized carbons (Fsp3) is 0.316. The summed E-state index contributed by atoms with van der Waals surface area (Å²) in [5, 5.41) is 2.90. The van der Waals surface area contributed by atoms with E-state index in [1.54, 1.807) is 0 Å². The van der Waals surface area contributed by atoms with Crippen molar-refractivity contribution in [1.29, 1.82) is 0 Å². The molecule has 0 saturated heterocycles. The lowest BCUT2D eigenvalue weighted by Crippen LogP contribution is -2.34. The molecule has 0 aliphatic heterocycles. The summed E-state index contributed by atoms with van der Waals surface area (Å²) in [5.74, 6) is 0.382. The standard InChI is InChI=1S/C19H24N2O2S/c1-15(2)21(3)13-19(22)20-17-9-7-8-16(12-17)14-24(23)18-10-5-4-6-11-18/h4-12,15H,13-14H2,1-3H3,(H,20,22)/t24-/m0/s1. The van der Waals surface area contributed by atoms with Crippen LogP contribution in [0.5, 0.6) is 0 Å². The SMILES string of the molecule is CC(C)N(C)CC(=O)Nc1cccc(C[S@](=O)c2ccccc2)c1. The van der Waals surface area contributed by atoms with Crippen molar-refractivity contribution in [2.75, 3.05) is 18.9 Å². The Morgan fingerprint density at radius 2 is 1.83 bits per heavy atom. The van der Waals surface area contributed by atoms with Gasteiger partial charge in [-0.1, -0.05) is 30.3 Å². The average molecular weight is 344 g/mol. The van der Waals surface area contributed by atoms with Crippen LogP contribution in [0.3, 0.4) is 0 Å². The van der Waals surface area contributed by atoms with E-state index in [0.29, 0.717) is 18.3 Å². The minimum atomic E-state index is -1.09. The number of anilines is 1. The smallest absolute Gasteiger partial charge is 0.238 e. The molecule has 0 heterocycles. The molecule has 128 valence electrons. The lowest BCUT2D eigenvalue weighted by Gasteiger charge is -2.20. The van der Waals surface area contributed by atoms with Gasteiger partial charge in [-0.3, -0.25) is 13.9 Å². The summed E-state index contributed by atoms with van der Waals surface area (Å²) >= 11 is 0. The van der Waals surface area contributed by atoms with E-state index < -0.39 is 10.8 Å². The Hall–Kier alpha value is -1.98. The summed E-state index contributed by atoms with van der Waals surface area (Å²) in [7, 11) is 0.829. The second-order valence-corrected chi connectivity index (χ2v) is 7.51. The Morgan fingerprint density at radius 1 is 1.12 bits per heavy atom. The molecule has 1 N–H and O–H groups in total. The maximum Gasteiger partial charge on any atom is 0.238 e. The Kier molecular flexibility index (Phi) is 6.70. The van der Waals surface area contributed by atoms with Crippen LogP contribution in [0.4, 0.5) is 5.69 Å². The minimum Gasteiger partial charge on any atom is -0.325 e. The molecular formula is C19H24N2O2S. The first-order valence-electron chi connectivity index (χ1n) is 7.98. The van der Waals surface area contributed by atoms with Crippen molar-refractivity contribution in [3.8, 4) is 0 Å². The predicted molar refractivity (Wildman–Crippen MR) is 99.4 cm³/mol. The highest BCUT2D eigenvalue weighted by Crippen LogP contribution is 2.16. The summed E-state index contributed by atoms with van der Waals surface area (Å²) in [5.41, 5.74) is 1.67. The molecular weight excluding hydrogens is 320 g/mol. The van der Waals surface area contributed by atoms with Crippen molar-refractivity contribution >= 4 is 22.4 Å². The number of nitrogens with zero attached hydrogens (tertiary/aromatic N) is 1. The molecule has 1 amide bonds. The van der Waals surface area contributed by atoms with Gasteiger partial charge in [-0.25, -0.2) is 0 Å². The molecule has 0 aromatic heterocycles. The summed E-state index contributed by atoms with van der Waals surface area (Å²) in [6.45, 7) is 4.44. The van der Waals surface area contributed by atoms with Gasteiger partial charge in [-0.05, 0) is 50.7 Å². The number of hydrogen-bond donors (Lipinski definition) is 1. The summed E-state index contributed by atoms with van der Waals surface area (Å²) < 4.78 is 12.4. The molecule has 5 heteroatoms. The lowest BCUT2D eigenvalue weighted by atomic mass is 10.2. The zero-order valence-corrected chi connectivity index (χ0v) is 15.2. The van der Waals surface area contributed by atoms with E-state index in [-0.39, 0.29) is 5.91 Å². The number of hydrogen-bond acceptors (Lipinski definition) is 3. The van der Waals surface area contributed by atoms with Crippen LogP contribution in [0.1, 0.15) is 19.4 Å². The average Bonchev–Trinajstić information content (AvgIpc) is 2.55. The van der Waals surface area contributed by atoms with Crippen LogP contribution >= 0.6 is 0 Å². The van der Waals surface area contributed by atoms with Crippen LogP contribution in [0.2, 0.25) is 0 Å². The molecule has 4 nitrogen and oxygen atoms in total. The molecule has 0 aliphatic rings. The van der Waals surface area contributed by atoms with E-state index >= 15 is 0 Å². The lowest BCUT2D eigenvalue weighted by molar-refractivity contribution is -0.117. The Balaban J connectivity index is 1.99. The van der Waals surface area contributed by atoms with Gasteiger partial charge in [0.15, 0.2) is 0 Å². The van der Waals surface area contributed by atoms with E-state index in [1.165, 1.54) is 0 Å².